The van der Waals surface area contributed by atoms with E-state index in [1.165, 1.54) is 13.0 Å². The van der Waals surface area contributed by atoms with Crippen molar-refractivity contribution in [2.24, 2.45) is 0 Å². The predicted molar refractivity (Wildman–Crippen MR) is 90.5 cm³/mol. The highest BCUT2D eigenvalue weighted by Gasteiger charge is 2.32. The lowest BCUT2D eigenvalue weighted by Crippen LogP contribution is -2.24. The molecule has 0 spiro atoms. The first-order valence-corrected chi connectivity index (χ1v) is 7.88. The second kappa shape index (κ2) is 7.55. The van der Waals surface area contributed by atoms with E-state index in [1.807, 2.05) is 6.92 Å². The van der Waals surface area contributed by atoms with Crippen molar-refractivity contribution in [2.45, 2.75) is 33.5 Å². The van der Waals surface area contributed by atoms with Crippen molar-refractivity contribution in [3.05, 3.63) is 58.3 Å². The largest absolute Gasteiger partial charge is 0.416 e. The van der Waals surface area contributed by atoms with Crippen LogP contribution < -0.4 is 10.6 Å². The number of aromatic nitrogens is 1. The molecule has 2 aromatic rings. The SMILES string of the molecule is CCNc1cc(C(=O)NCc2cccc(C(F)(F)F)c2C)cc(C)n1. The molecular formula is C18H20F3N3O. The molecule has 0 aliphatic carbocycles. The van der Waals surface area contributed by atoms with Crippen LogP contribution >= 0.6 is 0 Å². The van der Waals surface area contributed by atoms with Gasteiger partial charge in [-0.3, -0.25) is 4.79 Å². The lowest BCUT2D eigenvalue weighted by molar-refractivity contribution is -0.138. The van der Waals surface area contributed by atoms with E-state index in [-0.39, 0.29) is 18.0 Å². The number of nitrogens with one attached hydrogen (secondary N) is 2. The first kappa shape index (κ1) is 18.8. The summed E-state index contributed by atoms with van der Waals surface area (Å²) in [6, 6.07) is 7.21. The van der Waals surface area contributed by atoms with Gasteiger partial charge in [0.25, 0.3) is 5.91 Å². The van der Waals surface area contributed by atoms with Gasteiger partial charge in [-0.1, -0.05) is 12.1 Å². The van der Waals surface area contributed by atoms with Crippen molar-refractivity contribution < 1.29 is 18.0 Å². The molecule has 1 aromatic heterocycles. The van der Waals surface area contributed by atoms with Crippen LogP contribution in [0.3, 0.4) is 0 Å². The van der Waals surface area contributed by atoms with Gasteiger partial charge in [0.2, 0.25) is 0 Å². The summed E-state index contributed by atoms with van der Waals surface area (Å²) in [6.45, 7) is 5.78. The van der Waals surface area contributed by atoms with Crippen LogP contribution in [0.1, 0.15) is 39.7 Å². The minimum atomic E-state index is -4.41. The Morgan fingerprint density at radius 1 is 1.20 bits per heavy atom. The van der Waals surface area contributed by atoms with E-state index in [2.05, 4.69) is 15.6 Å². The number of hydrogen-bond acceptors (Lipinski definition) is 3. The van der Waals surface area contributed by atoms with Gasteiger partial charge in [-0.15, -0.1) is 0 Å². The summed E-state index contributed by atoms with van der Waals surface area (Å²) < 4.78 is 38.9. The number of nitrogens with zero attached hydrogens (tertiary/aromatic N) is 1. The first-order valence-electron chi connectivity index (χ1n) is 7.88. The zero-order valence-electron chi connectivity index (χ0n) is 14.3. The van der Waals surface area contributed by atoms with E-state index < -0.39 is 11.7 Å². The number of rotatable bonds is 5. The summed E-state index contributed by atoms with van der Waals surface area (Å²) >= 11 is 0. The molecule has 25 heavy (non-hydrogen) atoms. The number of halogens is 3. The Kier molecular flexibility index (Phi) is 5.66. The Bertz CT molecular complexity index is 773. The van der Waals surface area contributed by atoms with Gasteiger partial charge in [-0.2, -0.15) is 13.2 Å². The van der Waals surface area contributed by atoms with Gasteiger partial charge in [-0.05, 0) is 50.1 Å². The molecule has 2 N–H and O–H groups in total. The summed E-state index contributed by atoms with van der Waals surface area (Å²) in [7, 11) is 0. The number of carbonyl (C=O) groups is 1. The van der Waals surface area contributed by atoms with Crippen LogP contribution in [0, 0.1) is 13.8 Å². The number of amides is 1. The molecule has 0 saturated carbocycles. The Hall–Kier alpha value is -2.57. The van der Waals surface area contributed by atoms with E-state index in [0.29, 0.717) is 29.2 Å². The highest BCUT2D eigenvalue weighted by molar-refractivity contribution is 5.95. The Morgan fingerprint density at radius 2 is 1.92 bits per heavy atom. The first-order chi connectivity index (χ1) is 11.7. The molecule has 0 radical (unpaired) electrons. The minimum Gasteiger partial charge on any atom is -0.370 e. The molecular weight excluding hydrogens is 331 g/mol. The maximum Gasteiger partial charge on any atom is 0.416 e. The van der Waals surface area contributed by atoms with Crippen LogP contribution in [0.4, 0.5) is 19.0 Å². The summed E-state index contributed by atoms with van der Waals surface area (Å²) in [5, 5.41) is 5.70. The lowest BCUT2D eigenvalue weighted by atomic mass is 10.0. The Labute approximate surface area is 144 Å². The molecule has 1 amide bonds. The van der Waals surface area contributed by atoms with Crippen molar-refractivity contribution in [2.75, 3.05) is 11.9 Å². The van der Waals surface area contributed by atoms with Gasteiger partial charge in [0.1, 0.15) is 5.82 Å². The molecule has 0 fully saturated rings. The Balaban J connectivity index is 2.16. The number of anilines is 1. The third-order valence-electron chi connectivity index (χ3n) is 3.76. The van der Waals surface area contributed by atoms with Gasteiger partial charge < -0.3 is 10.6 Å². The zero-order chi connectivity index (χ0) is 18.6. The predicted octanol–water partition coefficient (Wildman–Crippen LogP) is 4.08. The second-order valence-corrected chi connectivity index (χ2v) is 5.68. The molecule has 1 heterocycles. The van der Waals surface area contributed by atoms with Gasteiger partial charge in [0.15, 0.2) is 0 Å². The number of alkyl halides is 3. The van der Waals surface area contributed by atoms with Crippen molar-refractivity contribution in [3.63, 3.8) is 0 Å². The van der Waals surface area contributed by atoms with Crippen molar-refractivity contribution >= 4 is 11.7 Å². The van der Waals surface area contributed by atoms with E-state index in [9.17, 15) is 18.0 Å². The summed E-state index contributed by atoms with van der Waals surface area (Å²) in [5.74, 6) is 0.226. The van der Waals surface area contributed by atoms with E-state index in [1.54, 1.807) is 25.1 Å². The number of aryl methyl sites for hydroxylation is 1. The Morgan fingerprint density at radius 3 is 2.56 bits per heavy atom. The topological polar surface area (TPSA) is 54.0 Å². The van der Waals surface area contributed by atoms with Crippen molar-refractivity contribution in [3.8, 4) is 0 Å². The number of carbonyl (C=O) groups excluding carboxylic acids is 1. The van der Waals surface area contributed by atoms with Crippen LogP contribution in [0.25, 0.3) is 0 Å². The highest BCUT2D eigenvalue weighted by atomic mass is 19.4. The normalized spacial score (nSPS) is 11.3. The highest BCUT2D eigenvalue weighted by Crippen LogP contribution is 2.32. The molecule has 0 unspecified atom stereocenters. The average molecular weight is 351 g/mol. The smallest absolute Gasteiger partial charge is 0.370 e. The third kappa shape index (κ3) is 4.71. The molecule has 4 nitrogen and oxygen atoms in total. The van der Waals surface area contributed by atoms with Crippen LogP contribution in [0.2, 0.25) is 0 Å². The number of benzene rings is 1. The fourth-order valence-corrected chi connectivity index (χ4v) is 2.53. The quantitative estimate of drug-likeness (QED) is 0.853. The molecule has 0 aliphatic rings. The zero-order valence-corrected chi connectivity index (χ0v) is 14.3. The standard InChI is InChI=1S/C18H20F3N3O/c1-4-22-16-9-14(8-11(2)24-16)17(25)23-10-13-6-5-7-15(12(13)3)18(19,20)21/h5-9H,4,10H2,1-3H3,(H,22,24)(H,23,25). The maximum atomic E-state index is 13.0. The fraction of sp³-hybridized carbons (Fsp3) is 0.333. The van der Waals surface area contributed by atoms with Crippen LogP contribution in [-0.2, 0) is 12.7 Å². The van der Waals surface area contributed by atoms with E-state index in [0.717, 1.165) is 6.07 Å². The van der Waals surface area contributed by atoms with Gasteiger partial charge in [0.05, 0.1) is 5.56 Å². The van der Waals surface area contributed by atoms with Crippen LogP contribution in [0.15, 0.2) is 30.3 Å². The van der Waals surface area contributed by atoms with E-state index in [4.69, 9.17) is 0 Å². The van der Waals surface area contributed by atoms with E-state index >= 15 is 0 Å². The molecule has 0 saturated heterocycles. The summed E-state index contributed by atoms with van der Waals surface area (Å²) in [5.41, 5.74) is 0.954. The van der Waals surface area contributed by atoms with Gasteiger partial charge in [-0.25, -0.2) is 4.98 Å². The molecule has 7 heteroatoms. The minimum absolute atomic E-state index is 0.0203. The summed E-state index contributed by atoms with van der Waals surface area (Å²) in [4.78, 5) is 16.6. The molecule has 0 atom stereocenters. The van der Waals surface area contributed by atoms with Crippen molar-refractivity contribution in [1.29, 1.82) is 0 Å². The van der Waals surface area contributed by atoms with Gasteiger partial charge in [0, 0.05) is 24.3 Å². The fourth-order valence-electron chi connectivity index (χ4n) is 2.53. The molecule has 134 valence electrons. The average Bonchev–Trinajstić information content (AvgIpc) is 2.52. The monoisotopic (exact) mass is 351 g/mol. The van der Waals surface area contributed by atoms with Crippen molar-refractivity contribution in [1.82, 2.24) is 10.3 Å². The summed E-state index contributed by atoms with van der Waals surface area (Å²) in [6.07, 6.45) is -4.41. The molecule has 2 rings (SSSR count). The second-order valence-electron chi connectivity index (χ2n) is 5.68. The molecule has 1 aromatic carbocycles. The number of hydrogen-bond donors (Lipinski definition) is 2. The van der Waals surface area contributed by atoms with Crippen LogP contribution in [0.5, 0.6) is 0 Å². The lowest BCUT2D eigenvalue weighted by Gasteiger charge is -2.14. The number of pyridine rings is 1. The molecule has 0 aliphatic heterocycles. The maximum absolute atomic E-state index is 13.0. The van der Waals surface area contributed by atoms with Crippen LogP contribution in [-0.4, -0.2) is 17.4 Å². The van der Waals surface area contributed by atoms with Gasteiger partial charge >= 0.3 is 6.18 Å². The molecule has 0 bridgehead atoms. The third-order valence-corrected chi connectivity index (χ3v) is 3.76.